The summed E-state index contributed by atoms with van der Waals surface area (Å²) in [6, 6.07) is 4.83. The van der Waals surface area contributed by atoms with Crippen LogP contribution < -0.4 is 10.1 Å². The molecule has 1 aromatic rings. The lowest BCUT2D eigenvalue weighted by Crippen LogP contribution is -2.43. The van der Waals surface area contributed by atoms with Gasteiger partial charge in [0.25, 0.3) is 5.91 Å². The monoisotopic (exact) mass is 337 g/mol. The minimum Gasteiger partial charge on any atom is -0.496 e. The summed E-state index contributed by atoms with van der Waals surface area (Å²) < 4.78 is 15.6. The Hall–Kier alpha value is -2.08. The van der Waals surface area contributed by atoms with E-state index >= 15 is 0 Å². The number of benzene rings is 1. The molecule has 0 aliphatic rings. The van der Waals surface area contributed by atoms with Gasteiger partial charge in [0.05, 0.1) is 13.7 Å². The van der Waals surface area contributed by atoms with Crippen molar-refractivity contribution in [3.8, 4) is 5.75 Å². The van der Waals surface area contributed by atoms with Crippen LogP contribution in [0.15, 0.2) is 18.2 Å². The van der Waals surface area contributed by atoms with Gasteiger partial charge in [-0.1, -0.05) is 13.8 Å². The Labute approximate surface area is 143 Å². The van der Waals surface area contributed by atoms with Crippen molar-refractivity contribution in [3.63, 3.8) is 0 Å². The van der Waals surface area contributed by atoms with Gasteiger partial charge in [0.1, 0.15) is 16.9 Å². The molecular formula is C18H27NO5. The highest BCUT2D eigenvalue weighted by atomic mass is 16.5. The minimum atomic E-state index is -0.946. The molecule has 0 aliphatic carbocycles. The van der Waals surface area contributed by atoms with E-state index in [1.165, 1.54) is 14.2 Å². The number of nitrogens with one attached hydrogen (secondary N) is 1. The van der Waals surface area contributed by atoms with Gasteiger partial charge in [0.15, 0.2) is 0 Å². The van der Waals surface area contributed by atoms with Crippen LogP contribution in [0.5, 0.6) is 5.75 Å². The van der Waals surface area contributed by atoms with Crippen molar-refractivity contribution < 1.29 is 23.8 Å². The van der Waals surface area contributed by atoms with E-state index in [4.69, 9.17) is 14.2 Å². The summed E-state index contributed by atoms with van der Waals surface area (Å²) in [6.07, 6.45) is 0.580. The highest BCUT2D eigenvalue weighted by Gasteiger charge is 2.34. The van der Waals surface area contributed by atoms with E-state index < -0.39 is 11.6 Å². The first-order chi connectivity index (χ1) is 11.3. The number of ether oxygens (including phenoxy) is 3. The van der Waals surface area contributed by atoms with E-state index in [2.05, 4.69) is 5.32 Å². The molecule has 0 aliphatic heterocycles. The lowest BCUT2D eigenvalue weighted by Gasteiger charge is -2.28. The Balaban J connectivity index is 3.04. The fraction of sp³-hybridized carbons (Fsp3) is 0.556. The largest absolute Gasteiger partial charge is 0.496 e. The van der Waals surface area contributed by atoms with Gasteiger partial charge in [0.2, 0.25) is 0 Å². The molecule has 0 heterocycles. The number of methoxy groups -OCH3 is 2. The molecule has 0 radical (unpaired) electrons. The molecule has 1 amide bonds. The third kappa shape index (κ3) is 4.96. The predicted molar refractivity (Wildman–Crippen MR) is 92.4 cm³/mol. The van der Waals surface area contributed by atoms with Crippen LogP contribution in [0.2, 0.25) is 0 Å². The minimum absolute atomic E-state index is 0.259. The molecule has 0 saturated heterocycles. The average Bonchev–Trinajstić information content (AvgIpc) is 2.54. The number of rotatable bonds is 8. The molecular weight excluding hydrogens is 310 g/mol. The van der Waals surface area contributed by atoms with Gasteiger partial charge in [-0.25, -0.2) is 4.79 Å². The van der Waals surface area contributed by atoms with Crippen LogP contribution in [-0.2, 0) is 14.3 Å². The highest BCUT2D eigenvalue weighted by molar-refractivity contribution is 5.99. The van der Waals surface area contributed by atoms with Crippen LogP contribution in [0.4, 0.5) is 5.69 Å². The van der Waals surface area contributed by atoms with Crippen molar-refractivity contribution in [1.29, 1.82) is 0 Å². The summed E-state index contributed by atoms with van der Waals surface area (Å²) >= 11 is 0. The van der Waals surface area contributed by atoms with Crippen LogP contribution in [0.25, 0.3) is 0 Å². The summed E-state index contributed by atoms with van der Waals surface area (Å²) in [7, 11) is 2.99. The maximum atomic E-state index is 12.6. The SMILES string of the molecule is CCOC(=O)c1cc(NC(=O)[C@@](C)(CC(C)C)OC)ccc1OC. The average molecular weight is 337 g/mol. The lowest BCUT2D eigenvalue weighted by molar-refractivity contribution is -0.137. The fourth-order valence-electron chi connectivity index (χ4n) is 2.47. The number of hydrogen-bond acceptors (Lipinski definition) is 5. The third-order valence-corrected chi connectivity index (χ3v) is 3.68. The van der Waals surface area contributed by atoms with Crippen LogP contribution in [0.3, 0.4) is 0 Å². The number of esters is 1. The second-order valence-corrected chi connectivity index (χ2v) is 6.12. The Bertz CT molecular complexity index is 585. The number of anilines is 1. The van der Waals surface area contributed by atoms with Crippen molar-refractivity contribution in [1.82, 2.24) is 0 Å². The van der Waals surface area contributed by atoms with Crippen molar-refractivity contribution in [2.75, 3.05) is 26.1 Å². The summed E-state index contributed by atoms with van der Waals surface area (Å²) in [5.41, 5.74) is -0.200. The zero-order valence-electron chi connectivity index (χ0n) is 15.3. The van der Waals surface area contributed by atoms with Crippen molar-refractivity contribution in [2.24, 2.45) is 5.92 Å². The normalized spacial score (nSPS) is 13.3. The van der Waals surface area contributed by atoms with Crippen molar-refractivity contribution in [3.05, 3.63) is 23.8 Å². The van der Waals surface area contributed by atoms with Gasteiger partial charge >= 0.3 is 5.97 Å². The smallest absolute Gasteiger partial charge is 0.341 e. The van der Waals surface area contributed by atoms with Gasteiger partial charge in [-0.15, -0.1) is 0 Å². The summed E-state index contributed by atoms with van der Waals surface area (Å²) in [5.74, 6) is -0.0735. The van der Waals surface area contributed by atoms with E-state index in [0.29, 0.717) is 23.8 Å². The zero-order valence-corrected chi connectivity index (χ0v) is 15.3. The molecule has 1 rings (SSSR count). The van der Waals surface area contributed by atoms with Crippen molar-refractivity contribution >= 4 is 17.6 Å². The van der Waals surface area contributed by atoms with Gasteiger partial charge in [-0.2, -0.15) is 0 Å². The van der Waals surface area contributed by atoms with E-state index in [9.17, 15) is 9.59 Å². The van der Waals surface area contributed by atoms with Gasteiger partial charge in [-0.3, -0.25) is 4.79 Å². The maximum Gasteiger partial charge on any atom is 0.341 e. The molecule has 0 bridgehead atoms. The van der Waals surface area contributed by atoms with E-state index in [-0.39, 0.29) is 18.1 Å². The summed E-state index contributed by atoms with van der Waals surface area (Å²) in [4.78, 5) is 24.6. The van der Waals surface area contributed by atoms with E-state index in [1.807, 2.05) is 13.8 Å². The van der Waals surface area contributed by atoms with Gasteiger partial charge < -0.3 is 19.5 Å². The van der Waals surface area contributed by atoms with Crippen LogP contribution in [-0.4, -0.2) is 38.3 Å². The molecule has 0 fully saturated rings. The standard InChI is InChI=1S/C18H27NO5/c1-7-24-16(20)14-10-13(8-9-15(14)22-5)19-17(21)18(4,23-6)11-12(2)3/h8-10,12H,7,11H2,1-6H3,(H,19,21)/t18-/m1/s1. The Morgan fingerprint density at radius 3 is 2.42 bits per heavy atom. The number of hydrogen-bond donors (Lipinski definition) is 1. The maximum absolute atomic E-state index is 12.6. The summed E-state index contributed by atoms with van der Waals surface area (Å²) in [6.45, 7) is 7.78. The third-order valence-electron chi connectivity index (χ3n) is 3.68. The fourth-order valence-corrected chi connectivity index (χ4v) is 2.47. The molecule has 0 saturated carbocycles. The second-order valence-electron chi connectivity index (χ2n) is 6.12. The van der Waals surface area contributed by atoms with Crippen LogP contribution >= 0.6 is 0 Å². The Morgan fingerprint density at radius 2 is 1.92 bits per heavy atom. The molecule has 1 atom stereocenters. The van der Waals surface area contributed by atoms with Gasteiger partial charge in [0, 0.05) is 12.8 Å². The van der Waals surface area contributed by atoms with Crippen LogP contribution in [0, 0.1) is 5.92 Å². The second kappa shape index (κ2) is 8.68. The summed E-state index contributed by atoms with van der Waals surface area (Å²) in [5, 5.41) is 2.80. The number of amides is 1. The first-order valence-corrected chi connectivity index (χ1v) is 7.99. The van der Waals surface area contributed by atoms with Gasteiger partial charge in [-0.05, 0) is 44.4 Å². The molecule has 0 spiro atoms. The predicted octanol–water partition coefficient (Wildman–Crippen LogP) is 3.26. The molecule has 6 heteroatoms. The highest BCUT2D eigenvalue weighted by Crippen LogP contribution is 2.26. The molecule has 6 nitrogen and oxygen atoms in total. The molecule has 0 aromatic heterocycles. The first-order valence-electron chi connectivity index (χ1n) is 7.99. The van der Waals surface area contributed by atoms with E-state index in [1.54, 1.807) is 32.0 Å². The molecule has 1 aromatic carbocycles. The first kappa shape index (κ1) is 20.0. The molecule has 134 valence electrons. The lowest BCUT2D eigenvalue weighted by atomic mass is 9.93. The molecule has 24 heavy (non-hydrogen) atoms. The number of carbonyl (C=O) groups is 2. The van der Waals surface area contributed by atoms with E-state index in [0.717, 1.165) is 0 Å². The zero-order chi connectivity index (χ0) is 18.3. The van der Waals surface area contributed by atoms with Crippen LogP contribution in [0.1, 0.15) is 44.5 Å². The number of carbonyl (C=O) groups excluding carboxylic acids is 2. The Morgan fingerprint density at radius 1 is 1.25 bits per heavy atom. The Kier molecular flexibility index (Phi) is 7.22. The molecule has 0 unspecified atom stereocenters. The quantitative estimate of drug-likeness (QED) is 0.737. The molecule has 1 N–H and O–H groups in total. The van der Waals surface area contributed by atoms with Crippen molar-refractivity contribution in [2.45, 2.75) is 39.7 Å². The topological polar surface area (TPSA) is 73.9 Å².